The number of rotatable bonds is 17. The van der Waals surface area contributed by atoms with Gasteiger partial charge in [0.1, 0.15) is 11.5 Å². The van der Waals surface area contributed by atoms with E-state index >= 15 is 0 Å². The van der Waals surface area contributed by atoms with Crippen molar-refractivity contribution >= 4 is 41.2 Å². The van der Waals surface area contributed by atoms with Gasteiger partial charge in [-0.15, -0.1) is 11.8 Å². The van der Waals surface area contributed by atoms with E-state index < -0.39 is 0 Å². The summed E-state index contributed by atoms with van der Waals surface area (Å²) in [6.45, 7) is 5.84. The van der Waals surface area contributed by atoms with E-state index in [1.54, 1.807) is 35.7 Å². The Bertz CT molecular complexity index is 1090. The lowest BCUT2D eigenvalue weighted by Gasteiger charge is -2.22. The van der Waals surface area contributed by atoms with Gasteiger partial charge in [-0.05, 0) is 56.0 Å². The molecule has 2 rings (SSSR count). The number of carbonyl (C=O) groups excluding carboxylic acids is 3. The third kappa shape index (κ3) is 10.4. The first-order valence-electron chi connectivity index (χ1n) is 13.2. The second-order valence-corrected chi connectivity index (χ2v) is 11.7. The van der Waals surface area contributed by atoms with E-state index in [0.717, 1.165) is 29.1 Å². The summed E-state index contributed by atoms with van der Waals surface area (Å²) in [5.41, 5.74) is 2.14. The maximum absolute atomic E-state index is 12.2. The highest BCUT2D eigenvalue weighted by molar-refractivity contribution is 8.00. The molecule has 2 atom stereocenters. The zero-order valence-electron chi connectivity index (χ0n) is 23.5. The van der Waals surface area contributed by atoms with Crippen molar-refractivity contribution in [1.29, 1.82) is 0 Å². The van der Waals surface area contributed by atoms with E-state index in [1.165, 1.54) is 21.1 Å². The van der Waals surface area contributed by atoms with Crippen LogP contribution in [0.5, 0.6) is 11.5 Å². The van der Waals surface area contributed by atoms with Crippen LogP contribution in [0.3, 0.4) is 0 Å². The molecule has 0 radical (unpaired) electrons. The summed E-state index contributed by atoms with van der Waals surface area (Å²) in [7, 11) is 2.77. The Hall–Kier alpha value is -2.65. The van der Waals surface area contributed by atoms with Crippen molar-refractivity contribution in [3.63, 3.8) is 0 Å². The lowest BCUT2D eigenvalue weighted by molar-refractivity contribution is -0.144. The van der Waals surface area contributed by atoms with Crippen LogP contribution in [-0.4, -0.2) is 60.4 Å². The molecule has 2 aromatic rings. The predicted octanol–water partition coefficient (Wildman–Crippen LogP) is 6.13. The van der Waals surface area contributed by atoms with E-state index in [0.29, 0.717) is 48.5 Å². The van der Waals surface area contributed by atoms with Crippen molar-refractivity contribution in [3.8, 4) is 11.5 Å². The van der Waals surface area contributed by atoms with Gasteiger partial charge in [-0.3, -0.25) is 14.4 Å². The number of hydrogen-bond donors (Lipinski definition) is 1. The van der Waals surface area contributed by atoms with Crippen LogP contribution in [0.4, 0.5) is 0 Å². The average molecular weight is 577 g/mol. The van der Waals surface area contributed by atoms with Gasteiger partial charge in [0.25, 0.3) is 0 Å². The Morgan fingerprint density at radius 1 is 1.00 bits per heavy atom. The van der Waals surface area contributed by atoms with Crippen LogP contribution in [-0.2, 0) is 31.9 Å². The van der Waals surface area contributed by atoms with E-state index in [-0.39, 0.29) is 34.6 Å². The smallest absolute Gasteiger partial charge is 0.309 e. The minimum Gasteiger partial charge on any atom is -0.507 e. The number of phenols is 1. The van der Waals surface area contributed by atoms with Crippen molar-refractivity contribution in [3.05, 3.63) is 53.1 Å². The maximum atomic E-state index is 12.2. The van der Waals surface area contributed by atoms with Gasteiger partial charge in [0.05, 0.1) is 38.7 Å². The second-order valence-electron chi connectivity index (χ2n) is 9.19. The van der Waals surface area contributed by atoms with E-state index in [9.17, 15) is 19.5 Å². The van der Waals surface area contributed by atoms with Crippen molar-refractivity contribution in [1.82, 2.24) is 0 Å². The number of hydrogen-bond acceptors (Lipinski definition) is 9. The molecule has 0 aliphatic carbocycles. The van der Waals surface area contributed by atoms with Crippen LogP contribution >= 0.6 is 23.5 Å². The van der Waals surface area contributed by atoms with Crippen LogP contribution in [0, 0.1) is 5.92 Å². The van der Waals surface area contributed by atoms with Gasteiger partial charge in [0, 0.05) is 27.2 Å². The van der Waals surface area contributed by atoms with Gasteiger partial charge < -0.3 is 19.3 Å². The Kier molecular flexibility index (Phi) is 14.3. The zero-order chi connectivity index (χ0) is 28.8. The minimum atomic E-state index is -0.301. The van der Waals surface area contributed by atoms with Crippen LogP contribution in [0.15, 0.2) is 41.3 Å². The quantitative estimate of drug-likeness (QED) is 0.103. The molecule has 0 saturated heterocycles. The van der Waals surface area contributed by atoms with Crippen LogP contribution in [0.1, 0.15) is 61.5 Å². The van der Waals surface area contributed by atoms with Crippen molar-refractivity contribution in [2.75, 3.05) is 32.3 Å². The van der Waals surface area contributed by atoms with Gasteiger partial charge in [-0.1, -0.05) is 32.4 Å². The zero-order valence-corrected chi connectivity index (χ0v) is 25.1. The number of methoxy groups -OCH3 is 2. The molecule has 0 spiro atoms. The molecule has 7 nitrogen and oxygen atoms in total. The Labute approximate surface area is 240 Å². The number of phenolic OH excluding ortho intramolecular Hbond substituents is 1. The molecule has 1 N–H and O–H groups in total. The molecular weight excluding hydrogens is 536 g/mol. The monoisotopic (exact) mass is 576 g/mol. The fourth-order valence-electron chi connectivity index (χ4n) is 4.03. The first-order valence-corrected chi connectivity index (χ1v) is 15.2. The number of ketones is 1. The van der Waals surface area contributed by atoms with Gasteiger partial charge in [0.15, 0.2) is 5.78 Å². The molecule has 0 heterocycles. The van der Waals surface area contributed by atoms with E-state index in [4.69, 9.17) is 14.2 Å². The number of esters is 2. The summed E-state index contributed by atoms with van der Waals surface area (Å²) in [5, 5.41) is 10.5. The Balaban J connectivity index is 1.88. The lowest BCUT2D eigenvalue weighted by Crippen LogP contribution is -2.27. The number of benzene rings is 2. The third-order valence-electron chi connectivity index (χ3n) is 6.29. The molecule has 39 heavy (non-hydrogen) atoms. The molecule has 0 saturated carbocycles. The largest absolute Gasteiger partial charge is 0.507 e. The predicted molar refractivity (Wildman–Crippen MR) is 157 cm³/mol. The summed E-state index contributed by atoms with van der Waals surface area (Å²) in [4.78, 5) is 36.5. The summed E-state index contributed by atoms with van der Waals surface area (Å²) in [5.74, 6) is 1.13. The molecule has 0 aliphatic rings. The molecule has 0 bridgehead atoms. The fraction of sp³-hybridized carbons (Fsp3) is 0.500. The van der Waals surface area contributed by atoms with Gasteiger partial charge in [0.2, 0.25) is 0 Å². The van der Waals surface area contributed by atoms with E-state index in [1.807, 2.05) is 13.8 Å². The molecule has 2 aromatic carbocycles. The first-order chi connectivity index (χ1) is 18.7. The standard InChI is InChI=1S/C30H40O7S2/c1-6-8-25-26(14-13-24(21(3)31)29(25)33)37-16-7-17-38-23-11-9-22(10-12-23)19-27(20(2)30(34)36-5)39-18-15-28(32)35-4/h9-14,20,27,33H,6-8,15-19H2,1-5H3. The number of thioether (sulfide) groups is 2. The molecule has 0 aliphatic heterocycles. The van der Waals surface area contributed by atoms with Gasteiger partial charge >= 0.3 is 11.9 Å². The lowest BCUT2D eigenvalue weighted by atomic mass is 10.0. The number of aromatic hydroxyl groups is 1. The molecule has 9 heteroatoms. The van der Waals surface area contributed by atoms with Crippen LogP contribution in [0.25, 0.3) is 0 Å². The average Bonchev–Trinajstić information content (AvgIpc) is 2.93. The summed E-state index contributed by atoms with van der Waals surface area (Å²) >= 11 is 3.32. The number of ether oxygens (including phenoxy) is 3. The highest BCUT2D eigenvalue weighted by atomic mass is 32.2. The highest BCUT2D eigenvalue weighted by Crippen LogP contribution is 2.33. The molecular formula is C30H40O7S2. The molecule has 2 unspecified atom stereocenters. The molecule has 0 fully saturated rings. The van der Waals surface area contributed by atoms with Gasteiger partial charge in [-0.25, -0.2) is 0 Å². The van der Waals surface area contributed by atoms with Gasteiger partial charge in [-0.2, -0.15) is 11.8 Å². The van der Waals surface area contributed by atoms with Crippen molar-refractivity contribution in [2.24, 2.45) is 5.92 Å². The summed E-state index contributed by atoms with van der Waals surface area (Å²) in [6, 6.07) is 11.7. The Morgan fingerprint density at radius 2 is 1.72 bits per heavy atom. The topological polar surface area (TPSA) is 99.1 Å². The maximum Gasteiger partial charge on any atom is 0.309 e. The number of carbonyl (C=O) groups is 3. The number of Topliss-reactive ketones (excluding diaryl/α,β-unsaturated/α-hetero) is 1. The second kappa shape index (κ2) is 17.1. The Morgan fingerprint density at radius 3 is 2.33 bits per heavy atom. The summed E-state index contributed by atoms with van der Waals surface area (Å²) < 4.78 is 15.6. The van der Waals surface area contributed by atoms with Crippen LogP contribution < -0.4 is 4.74 Å². The van der Waals surface area contributed by atoms with E-state index in [2.05, 4.69) is 24.3 Å². The molecule has 0 amide bonds. The van der Waals surface area contributed by atoms with Crippen LogP contribution in [0.2, 0.25) is 0 Å². The van der Waals surface area contributed by atoms with Crippen molar-refractivity contribution < 1.29 is 33.7 Å². The highest BCUT2D eigenvalue weighted by Gasteiger charge is 2.26. The normalized spacial score (nSPS) is 12.4. The third-order valence-corrected chi connectivity index (χ3v) is 8.83. The van der Waals surface area contributed by atoms with Crippen molar-refractivity contribution in [2.45, 2.75) is 63.0 Å². The SMILES string of the molecule is CCCc1c(OCCCSc2ccc(CC(SCCC(=O)OC)C(C)C(=O)OC)cc2)ccc(C(C)=O)c1O. The minimum absolute atomic E-state index is 0.0145. The molecule has 214 valence electrons. The summed E-state index contributed by atoms with van der Waals surface area (Å²) in [6.07, 6.45) is 3.30. The first kappa shape index (κ1) is 32.6. The fourth-order valence-corrected chi connectivity index (χ4v) is 6.15. The molecule has 0 aromatic heterocycles.